The minimum Gasteiger partial charge on any atom is -0.398 e. The third-order valence-corrected chi connectivity index (χ3v) is 2.97. The lowest BCUT2D eigenvalue weighted by Gasteiger charge is -2.26. The quantitative estimate of drug-likeness (QED) is 0.805. The predicted octanol–water partition coefficient (Wildman–Crippen LogP) is 2.20. The SMILES string of the molecule is Nc1cc(Br)ccc1C(=O)N1CCCCO1. The second-order valence-electron chi connectivity index (χ2n) is 3.68. The number of amides is 1. The van der Waals surface area contributed by atoms with E-state index in [0.29, 0.717) is 24.4 Å². The summed E-state index contributed by atoms with van der Waals surface area (Å²) in [5.74, 6) is -0.162. The van der Waals surface area contributed by atoms with Crippen molar-refractivity contribution in [3.63, 3.8) is 0 Å². The first-order valence-electron chi connectivity index (χ1n) is 5.18. The molecule has 1 aliphatic rings. The highest BCUT2D eigenvalue weighted by Gasteiger charge is 2.21. The molecule has 86 valence electrons. The summed E-state index contributed by atoms with van der Waals surface area (Å²) < 4.78 is 0.862. The van der Waals surface area contributed by atoms with Crippen molar-refractivity contribution in [3.8, 4) is 0 Å². The molecule has 4 nitrogen and oxygen atoms in total. The van der Waals surface area contributed by atoms with Crippen molar-refractivity contribution in [1.82, 2.24) is 5.06 Å². The van der Waals surface area contributed by atoms with Crippen molar-refractivity contribution in [2.75, 3.05) is 18.9 Å². The summed E-state index contributed by atoms with van der Waals surface area (Å²) in [4.78, 5) is 17.3. The van der Waals surface area contributed by atoms with Crippen molar-refractivity contribution in [3.05, 3.63) is 28.2 Å². The molecule has 1 heterocycles. The Kier molecular flexibility index (Phi) is 3.46. The zero-order valence-corrected chi connectivity index (χ0v) is 10.4. The molecular weight excluding hydrogens is 272 g/mol. The first-order valence-corrected chi connectivity index (χ1v) is 5.97. The van der Waals surface area contributed by atoms with Crippen molar-refractivity contribution in [2.24, 2.45) is 0 Å². The summed E-state index contributed by atoms with van der Waals surface area (Å²) in [5, 5.41) is 1.39. The number of hydroxylamine groups is 2. The molecule has 2 rings (SSSR count). The van der Waals surface area contributed by atoms with Gasteiger partial charge in [0.2, 0.25) is 0 Å². The van der Waals surface area contributed by atoms with Crippen LogP contribution < -0.4 is 5.73 Å². The van der Waals surface area contributed by atoms with Crippen LogP contribution in [0.5, 0.6) is 0 Å². The van der Waals surface area contributed by atoms with Crippen LogP contribution in [0.2, 0.25) is 0 Å². The van der Waals surface area contributed by atoms with Gasteiger partial charge in [-0.3, -0.25) is 9.63 Å². The van der Waals surface area contributed by atoms with E-state index in [9.17, 15) is 4.79 Å². The van der Waals surface area contributed by atoms with E-state index in [2.05, 4.69) is 15.9 Å². The number of halogens is 1. The predicted molar refractivity (Wildman–Crippen MR) is 64.8 cm³/mol. The Morgan fingerprint density at radius 2 is 2.25 bits per heavy atom. The molecule has 0 saturated carbocycles. The Balaban J connectivity index is 2.19. The molecule has 0 bridgehead atoms. The maximum absolute atomic E-state index is 12.0. The Labute approximate surface area is 102 Å². The van der Waals surface area contributed by atoms with Gasteiger partial charge in [0.05, 0.1) is 12.2 Å². The van der Waals surface area contributed by atoms with Crippen LogP contribution in [0.15, 0.2) is 22.7 Å². The number of rotatable bonds is 1. The summed E-state index contributed by atoms with van der Waals surface area (Å²) in [6.45, 7) is 1.23. The van der Waals surface area contributed by atoms with Gasteiger partial charge < -0.3 is 5.73 Å². The number of benzene rings is 1. The molecular formula is C11H13BrN2O2. The highest BCUT2D eigenvalue weighted by molar-refractivity contribution is 9.10. The molecule has 2 N–H and O–H groups in total. The molecule has 0 spiro atoms. The van der Waals surface area contributed by atoms with Crippen LogP contribution >= 0.6 is 15.9 Å². The summed E-state index contributed by atoms with van der Waals surface area (Å²) >= 11 is 3.31. The lowest BCUT2D eigenvalue weighted by Crippen LogP contribution is -2.36. The van der Waals surface area contributed by atoms with Crippen LogP contribution in [0, 0.1) is 0 Å². The number of hydrogen-bond acceptors (Lipinski definition) is 3. The zero-order chi connectivity index (χ0) is 11.5. The standard InChI is InChI=1S/C11H13BrN2O2/c12-8-3-4-9(10(13)7-8)11(15)14-5-1-2-6-16-14/h3-4,7H,1-2,5-6,13H2. The molecule has 1 fully saturated rings. The summed E-state index contributed by atoms with van der Waals surface area (Å²) in [7, 11) is 0. The van der Waals surface area contributed by atoms with Crippen molar-refractivity contribution in [1.29, 1.82) is 0 Å². The van der Waals surface area contributed by atoms with Gasteiger partial charge in [0.1, 0.15) is 0 Å². The number of nitrogens with zero attached hydrogens (tertiary/aromatic N) is 1. The van der Waals surface area contributed by atoms with Gasteiger partial charge in [-0.25, -0.2) is 5.06 Å². The Bertz CT molecular complexity index is 403. The molecule has 0 aromatic heterocycles. The average molecular weight is 285 g/mol. The topological polar surface area (TPSA) is 55.6 Å². The van der Waals surface area contributed by atoms with Crippen LogP contribution in [-0.2, 0) is 4.84 Å². The van der Waals surface area contributed by atoms with E-state index in [0.717, 1.165) is 17.3 Å². The minimum atomic E-state index is -0.162. The second kappa shape index (κ2) is 4.84. The van der Waals surface area contributed by atoms with Crippen molar-refractivity contribution < 1.29 is 9.63 Å². The van der Waals surface area contributed by atoms with Crippen LogP contribution in [0.25, 0.3) is 0 Å². The fourth-order valence-electron chi connectivity index (χ4n) is 1.62. The zero-order valence-electron chi connectivity index (χ0n) is 8.78. The molecule has 16 heavy (non-hydrogen) atoms. The summed E-state index contributed by atoms with van der Waals surface area (Å²) in [5.41, 5.74) is 6.75. The van der Waals surface area contributed by atoms with Crippen molar-refractivity contribution in [2.45, 2.75) is 12.8 Å². The highest BCUT2D eigenvalue weighted by Crippen LogP contribution is 2.21. The fraction of sp³-hybridized carbons (Fsp3) is 0.364. The van der Waals surface area contributed by atoms with Crippen LogP contribution in [-0.4, -0.2) is 24.1 Å². The van der Waals surface area contributed by atoms with Gasteiger partial charge in [0.25, 0.3) is 5.91 Å². The van der Waals surface area contributed by atoms with Gasteiger partial charge in [-0.05, 0) is 31.0 Å². The molecule has 0 atom stereocenters. The number of anilines is 1. The highest BCUT2D eigenvalue weighted by atomic mass is 79.9. The number of carbonyl (C=O) groups excluding carboxylic acids is 1. The fourth-order valence-corrected chi connectivity index (χ4v) is 2.00. The van der Waals surface area contributed by atoms with E-state index in [1.165, 1.54) is 5.06 Å². The smallest absolute Gasteiger partial charge is 0.279 e. The van der Waals surface area contributed by atoms with Crippen LogP contribution in [0.3, 0.4) is 0 Å². The first-order chi connectivity index (χ1) is 7.68. The largest absolute Gasteiger partial charge is 0.398 e. The lowest BCUT2D eigenvalue weighted by atomic mass is 10.1. The summed E-state index contributed by atoms with van der Waals surface area (Å²) in [6.07, 6.45) is 1.97. The Hall–Kier alpha value is -1.07. The van der Waals surface area contributed by atoms with E-state index >= 15 is 0 Å². The number of nitrogen functional groups attached to an aromatic ring is 1. The van der Waals surface area contributed by atoms with Crippen LogP contribution in [0.4, 0.5) is 5.69 Å². The van der Waals surface area contributed by atoms with E-state index < -0.39 is 0 Å². The first kappa shape index (κ1) is 11.4. The van der Waals surface area contributed by atoms with Gasteiger partial charge in [0, 0.05) is 16.7 Å². The van der Waals surface area contributed by atoms with Gasteiger partial charge in [-0.2, -0.15) is 0 Å². The molecule has 0 aliphatic carbocycles. The van der Waals surface area contributed by atoms with Gasteiger partial charge in [-0.15, -0.1) is 0 Å². The third kappa shape index (κ3) is 2.36. The third-order valence-electron chi connectivity index (χ3n) is 2.47. The van der Waals surface area contributed by atoms with E-state index in [4.69, 9.17) is 10.6 Å². The summed E-state index contributed by atoms with van der Waals surface area (Å²) in [6, 6.07) is 5.23. The number of carbonyl (C=O) groups is 1. The average Bonchev–Trinajstić information content (AvgIpc) is 2.29. The van der Waals surface area contributed by atoms with E-state index in [-0.39, 0.29) is 5.91 Å². The maximum Gasteiger partial charge on any atom is 0.279 e. The number of hydrogen-bond donors (Lipinski definition) is 1. The monoisotopic (exact) mass is 284 g/mol. The van der Waals surface area contributed by atoms with E-state index in [1.54, 1.807) is 18.2 Å². The molecule has 0 radical (unpaired) electrons. The molecule has 5 heteroatoms. The lowest BCUT2D eigenvalue weighted by molar-refractivity contribution is -0.144. The number of nitrogens with two attached hydrogens (primary N) is 1. The van der Waals surface area contributed by atoms with Crippen molar-refractivity contribution >= 4 is 27.5 Å². The molecule has 1 saturated heterocycles. The minimum absolute atomic E-state index is 0.162. The van der Waals surface area contributed by atoms with Crippen LogP contribution in [0.1, 0.15) is 23.2 Å². The maximum atomic E-state index is 12.0. The molecule has 1 aromatic rings. The van der Waals surface area contributed by atoms with Gasteiger partial charge in [-0.1, -0.05) is 15.9 Å². The molecule has 0 unspecified atom stereocenters. The Morgan fingerprint density at radius 1 is 1.44 bits per heavy atom. The normalized spacial score (nSPS) is 16.2. The molecule has 1 aliphatic heterocycles. The molecule has 1 amide bonds. The Morgan fingerprint density at radius 3 is 2.88 bits per heavy atom. The van der Waals surface area contributed by atoms with Gasteiger partial charge >= 0.3 is 0 Å². The second-order valence-corrected chi connectivity index (χ2v) is 4.59. The van der Waals surface area contributed by atoms with E-state index in [1.807, 2.05) is 0 Å². The van der Waals surface area contributed by atoms with Gasteiger partial charge in [0.15, 0.2) is 0 Å². The molecule has 1 aromatic carbocycles.